The average Bonchev–Trinajstić information content (AvgIpc) is 2.21. The van der Waals surface area contributed by atoms with Gasteiger partial charge < -0.3 is 11.5 Å². The number of hydrogen-bond donors (Lipinski definition) is 2. The largest absolute Gasteiger partial charge is 0.369 e. The highest BCUT2D eigenvalue weighted by atomic mass is 15.3. The van der Waals surface area contributed by atoms with Crippen molar-refractivity contribution in [2.24, 2.45) is 21.7 Å². The molecule has 1 aromatic carbocycles. The topological polar surface area (TPSA) is 76.8 Å². The van der Waals surface area contributed by atoms with Gasteiger partial charge in [0.2, 0.25) is 5.96 Å². The van der Waals surface area contributed by atoms with Crippen molar-refractivity contribution >= 4 is 11.7 Å². The van der Waals surface area contributed by atoms with Crippen molar-refractivity contribution in [1.82, 2.24) is 0 Å². The van der Waals surface area contributed by atoms with Crippen LogP contribution in [0.5, 0.6) is 0 Å². The zero-order valence-corrected chi connectivity index (χ0v) is 9.07. The van der Waals surface area contributed by atoms with Gasteiger partial charge in [-0.05, 0) is 18.9 Å². The number of hydrogen-bond acceptors (Lipinski definition) is 2. The van der Waals surface area contributed by atoms with E-state index in [2.05, 4.69) is 10.2 Å². The number of aryl methyl sites for hydroxylation is 1. The average molecular weight is 204 g/mol. The van der Waals surface area contributed by atoms with Crippen molar-refractivity contribution in [3.63, 3.8) is 0 Å². The molecule has 0 atom stereocenters. The van der Waals surface area contributed by atoms with Gasteiger partial charge in [-0.1, -0.05) is 36.8 Å². The lowest BCUT2D eigenvalue weighted by Crippen LogP contribution is -2.22. The summed E-state index contributed by atoms with van der Waals surface area (Å²) in [6.07, 6.45) is 0.792. The standard InChI is InChI=1S/C11H16N4/c1-3-10(14-15-11(12)13)9-6-4-8(2)5-7-9/h4-7H,3H2,1-2H3,(H4,12,13,15). The molecule has 0 radical (unpaired) electrons. The van der Waals surface area contributed by atoms with Crippen molar-refractivity contribution in [2.45, 2.75) is 20.3 Å². The molecule has 1 aromatic rings. The third-order valence-electron chi connectivity index (χ3n) is 2.01. The number of benzene rings is 1. The Kier molecular flexibility index (Phi) is 3.85. The molecule has 1 rings (SSSR count). The lowest BCUT2D eigenvalue weighted by Gasteiger charge is -2.02. The summed E-state index contributed by atoms with van der Waals surface area (Å²) >= 11 is 0. The highest BCUT2D eigenvalue weighted by Gasteiger charge is 1.99. The summed E-state index contributed by atoms with van der Waals surface area (Å²) < 4.78 is 0. The van der Waals surface area contributed by atoms with E-state index in [1.807, 2.05) is 38.1 Å². The quantitative estimate of drug-likeness (QED) is 0.443. The van der Waals surface area contributed by atoms with Crippen LogP contribution in [0.3, 0.4) is 0 Å². The SMILES string of the molecule is CCC(=NN=C(N)N)c1ccc(C)cc1. The van der Waals surface area contributed by atoms with Gasteiger partial charge in [-0.25, -0.2) is 0 Å². The molecule has 0 saturated heterocycles. The first kappa shape index (κ1) is 11.2. The van der Waals surface area contributed by atoms with Crippen LogP contribution < -0.4 is 11.5 Å². The first-order valence-corrected chi connectivity index (χ1v) is 4.86. The Bertz CT molecular complexity index is 372. The summed E-state index contributed by atoms with van der Waals surface area (Å²) in [6.45, 7) is 4.06. The van der Waals surface area contributed by atoms with Gasteiger partial charge in [0.15, 0.2) is 0 Å². The molecule has 4 nitrogen and oxygen atoms in total. The minimum atomic E-state index is -0.0203. The smallest absolute Gasteiger partial charge is 0.211 e. The zero-order chi connectivity index (χ0) is 11.3. The number of rotatable bonds is 3. The monoisotopic (exact) mass is 204 g/mol. The molecule has 0 bridgehead atoms. The summed E-state index contributed by atoms with van der Waals surface area (Å²) in [6, 6.07) is 8.10. The van der Waals surface area contributed by atoms with Crippen LogP contribution in [0.1, 0.15) is 24.5 Å². The van der Waals surface area contributed by atoms with Crippen molar-refractivity contribution < 1.29 is 0 Å². The minimum absolute atomic E-state index is 0.0203. The summed E-state index contributed by atoms with van der Waals surface area (Å²) in [4.78, 5) is 0. The zero-order valence-electron chi connectivity index (χ0n) is 9.07. The molecule has 4 N–H and O–H groups in total. The molecule has 80 valence electrons. The van der Waals surface area contributed by atoms with E-state index in [1.54, 1.807) is 0 Å². The predicted molar refractivity (Wildman–Crippen MR) is 63.8 cm³/mol. The molecule has 0 heterocycles. The fraction of sp³-hybridized carbons (Fsp3) is 0.273. The van der Waals surface area contributed by atoms with Gasteiger partial charge in [-0.15, -0.1) is 5.10 Å². The number of nitrogens with zero attached hydrogens (tertiary/aromatic N) is 2. The highest BCUT2D eigenvalue weighted by molar-refractivity contribution is 6.00. The van der Waals surface area contributed by atoms with Crippen LogP contribution in [0, 0.1) is 6.92 Å². The maximum Gasteiger partial charge on any atom is 0.211 e. The van der Waals surface area contributed by atoms with Gasteiger partial charge in [-0.2, -0.15) is 5.10 Å². The number of nitrogens with two attached hydrogens (primary N) is 2. The second-order valence-corrected chi connectivity index (χ2v) is 3.29. The molecular formula is C11H16N4. The molecular weight excluding hydrogens is 188 g/mol. The van der Waals surface area contributed by atoms with E-state index in [0.29, 0.717) is 0 Å². The van der Waals surface area contributed by atoms with E-state index in [-0.39, 0.29) is 5.96 Å². The van der Waals surface area contributed by atoms with Crippen molar-refractivity contribution in [2.75, 3.05) is 0 Å². The van der Waals surface area contributed by atoms with Gasteiger partial charge in [0.1, 0.15) is 0 Å². The molecule has 0 amide bonds. The molecule has 0 fully saturated rings. The Morgan fingerprint density at radius 1 is 1.13 bits per heavy atom. The third-order valence-corrected chi connectivity index (χ3v) is 2.01. The van der Waals surface area contributed by atoms with Gasteiger partial charge in [0.05, 0.1) is 5.71 Å². The van der Waals surface area contributed by atoms with Gasteiger partial charge in [0, 0.05) is 0 Å². The summed E-state index contributed by atoms with van der Waals surface area (Å²) in [5.74, 6) is -0.0203. The third kappa shape index (κ3) is 3.42. The molecule has 0 aromatic heterocycles. The van der Waals surface area contributed by atoms with Crippen LogP contribution in [0.4, 0.5) is 0 Å². The molecule has 0 aliphatic rings. The van der Waals surface area contributed by atoms with E-state index in [0.717, 1.165) is 17.7 Å². The van der Waals surface area contributed by atoms with E-state index in [4.69, 9.17) is 11.5 Å². The first-order valence-electron chi connectivity index (χ1n) is 4.86. The fourth-order valence-corrected chi connectivity index (χ4v) is 1.20. The normalized spacial score (nSPS) is 11.2. The Morgan fingerprint density at radius 3 is 2.20 bits per heavy atom. The highest BCUT2D eigenvalue weighted by Crippen LogP contribution is 2.07. The lowest BCUT2D eigenvalue weighted by molar-refractivity contribution is 1.15. The van der Waals surface area contributed by atoms with Gasteiger partial charge in [0.25, 0.3) is 0 Å². The Labute approximate surface area is 89.7 Å². The van der Waals surface area contributed by atoms with Crippen LogP contribution in [0.15, 0.2) is 34.5 Å². The Morgan fingerprint density at radius 2 is 1.73 bits per heavy atom. The summed E-state index contributed by atoms with van der Waals surface area (Å²) in [5, 5.41) is 7.65. The minimum Gasteiger partial charge on any atom is -0.369 e. The number of guanidine groups is 1. The van der Waals surface area contributed by atoms with Crippen LogP contribution in [-0.4, -0.2) is 11.7 Å². The van der Waals surface area contributed by atoms with Gasteiger partial charge in [-0.3, -0.25) is 0 Å². The van der Waals surface area contributed by atoms with Crippen molar-refractivity contribution in [3.8, 4) is 0 Å². The van der Waals surface area contributed by atoms with E-state index < -0.39 is 0 Å². The van der Waals surface area contributed by atoms with Gasteiger partial charge >= 0.3 is 0 Å². The maximum atomic E-state index is 5.22. The van der Waals surface area contributed by atoms with Crippen LogP contribution in [0.2, 0.25) is 0 Å². The molecule has 0 spiro atoms. The predicted octanol–water partition coefficient (Wildman–Crippen LogP) is 1.38. The molecule has 0 aliphatic heterocycles. The molecule has 15 heavy (non-hydrogen) atoms. The summed E-state index contributed by atoms with van der Waals surface area (Å²) in [5.41, 5.74) is 13.6. The van der Waals surface area contributed by atoms with Crippen molar-refractivity contribution in [1.29, 1.82) is 0 Å². The molecule has 0 unspecified atom stereocenters. The second-order valence-electron chi connectivity index (χ2n) is 3.29. The Balaban J connectivity index is 2.97. The molecule has 0 aliphatic carbocycles. The lowest BCUT2D eigenvalue weighted by atomic mass is 10.1. The van der Waals surface area contributed by atoms with E-state index >= 15 is 0 Å². The maximum absolute atomic E-state index is 5.22. The van der Waals surface area contributed by atoms with Crippen molar-refractivity contribution in [3.05, 3.63) is 35.4 Å². The Hall–Kier alpha value is -1.84. The van der Waals surface area contributed by atoms with Crippen LogP contribution >= 0.6 is 0 Å². The molecule has 4 heteroatoms. The van der Waals surface area contributed by atoms with E-state index in [9.17, 15) is 0 Å². The van der Waals surface area contributed by atoms with Crippen LogP contribution in [-0.2, 0) is 0 Å². The molecule has 0 saturated carbocycles. The second kappa shape index (κ2) is 5.14. The van der Waals surface area contributed by atoms with Crippen LogP contribution in [0.25, 0.3) is 0 Å². The fourth-order valence-electron chi connectivity index (χ4n) is 1.20. The summed E-state index contributed by atoms with van der Waals surface area (Å²) in [7, 11) is 0. The first-order chi connectivity index (χ1) is 7.13. The van der Waals surface area contributed by atoms with E-state index in [1.165, 1.54) is 5.56 Å².